The normalized spacial score (nSPS) is 14.3. The molecule has 3 aromatic rings. The van der Waals surface area contributed by atoms with Crippen molar-refractivity contribution >= 4 is 17.1 Å². The Morgan fingerprint density at radius 3 is 2.19 bits per heavy atom. The van der Waals surface area contributed by atoms with E-state index >= 15 is 0 Å². The molecule has 4 rings (SSSR count). The van der Waals surface area contributed by atoms with Gasteiger partial charge in [0.05, 0.1) is 19.4 Å². The van der Waals surface area contributed by atoms with Gasteiger partial charge in [0.15, 0.2) is 0 Å². The van der Waals surface area contributed by atoms with Crippen LogP contribution in [0.4, 0.5) is 17.1 Å². The Hall–Kier alpha value is -3.18. The van der Waals surface area contributed by atoms with E-state index in [1.807, 2.05) is 42.5 Å². The standard InChI is InChI=1S/C26H31N3O2/c1-30-26-11-6-5-10-25(26)29-19-17-28(18-20-29)16-7-21-31-24-14-12-23(13-15-24)27-22-8-3-2-4-9-22/h2-6,8-15,27H,7,16-21H2,1H3. The Bertz CT molecular complexity index is 923. The number of hydrogen-bond acceptors (Lipinski definition) is 5. The number of nitrogens with one attached hydrogen (secondary N) is 1. The zero-order valence-electron chi connectivity index (χ0n) is 18.2. The first-order valence-electron chi connectivity index (χ1n) is 11.0. The zero-order chi connectivity index (χ0) is 21.3. The van der Waals surface area contributed by atoms with Crippen LogP contribution in [0.5, 0.6) is 11.5 Å². The fourth-order valence-corrected chi connectivity index (χ4v) is 3.90. The van der Waals surface area contributed by atoms with Crippen molar-refractivity contribution in [2.75, 3.05) is 56.7 Å². The van der Waals surface area contributed by atoms with Crippen LogP contribution in [0.3, 0.4) is 0 Å². The summed E-state index contributed by atoms with van der Waals surface area (Å²) in [5.74, 6) is 1.87. The van der Waals surface area contributed by atoms with Crippen molar-refractivity contribution < 1.29 is 9.47 Å². The number of piperazine rings is 1. The number of methoxy groups -OCH3 is 1. The minimum Gasteiger partial charge on any atom is -0.495 e. The van der Waals surface area contributed by atoms with Gasteiger partial charge in [0.2, 0.25) is 0 Å². The lowest BCUT2D eigenvalue weighted by atomic mass is 10.2. The maximum Gasteiger partial charge on any atom is 0.142 e. The monoisotopic (exact) mass is 417 g/mol. The Morgan fingerprint density at radius 1 is 0.774 bits per heavy atom. The fraction of sp³-hybridized carbons (Fsp3) is 0.308. The third kappa shape index (κ3) is 5.92. The van der Waals surface area contributed by atoms with Crippen LogP contribution < -0.4 is 19.7 Å². The molecule has 0 spiro atoms. The van der Waals surface area contributed by atoms with E-state index in [1.54, 1.807) is 7.11 Å². The molecule has 1 heterocycles. The fourth-order valence-electron chi connectivity index (χ4n) is 3.90. The van der Waals surface area contributed by atoms with Crippen molar-refractivity contribution in [2.45, 2.75) is 6.42 Å². The summed E-state index contributed by atoms with van der Waals surface area (Å²) in [5.41, 5.74) is 3.34. The number of hydrogen-bond donors (Lipinski definition) is 1. The molecular formula is C26H31N3O2. The highest BCUT2D eigenvalue weighted by Crippen LogP contribution is 2.28. The lowest BCUT2D eigenvalue weighted by Gasteiger charge is -2.36. The van der Waals surface area contributed by atoms with Gasteiger partial charge in [0.1, 0.15) is 11.5 Å². The number of ether oxygens (including phenoxy) is 2. The molecule has 1 saturated heterocycles. The average Bonchev–Trinajstić information content (AvgIpc) is 2.84. The summed E-state index contributed by atoms with van der Waals surface area (Å²) in [7, 11) is 1.74. The number of anilines is 3. The Kier molecular flexibility index (Phi) is 7.29. The van der Waals surface area contributed by atoms with Crippen molar-refractivity contribution in [1.29, 1.82) is 0 Å². The smallest absolute Gasteiger partial charge is 0.142 e. The van der Waals surface area contributed by atoms with Gasteiger partial charge in [-0.25, -0.2) is 0 Å². The molecule has 0 aliphatic carbocycles. The van der Waals surface area contributed by atoms with Crippen LogP contribution in [0.15, 0.2) is 78.9 Å². The predicted octanol–water partition coefficient (Wildman–Crippen LogP) is 5.03. The molecule has 0 atom stereocenters. The van der Waals surface area contributed by atoms with E-state index in [9.17, 15) is 0 Å². The number of benzene rings is 3. The number of para-hydroxylation sites is 3. The van der Waals surface area contributed by atoms with Crippen LogP contribution in [-0.2, 0) is 0 Å². The van der Waals surface area contributed by atoms with E-state index < -0.39 is 0 Å². The van der Waals surface area contributed by atoms with Gasteiger partial charge < -0.3 is 19.7 Å². The average molecular weight is 418 g/mol. The number of rotatable bonds is 9. The first-order chi connectivity index (χ1) is 15.3. The van der Waals surface area contributed by atoms with Crippen molar-refractivity contribution in [3.05, 3.63) is 78.9 Å². The van der Waals surface area contributed by atoms with Gasteiger partial charge in [-0.3, -0.25) is 4.90 Å². The molecule has 1 aliphatic rings. The highest BCUT2D eigenvalue weighted by Gasteiger charge is 2.19. The highest BCUT2D eigenvalue weighted by atomic mass is 16.5. The summed E-state index contributed by atoms with van der Waals surface area (Å²) in [6.45, 7) is 5.98. The Morgan fingerprint density at radius 2 is 1.45 bits per heavy atom. The largest absolute Gasteiger partial charge is 0.495 e. The SMILES string of the molecule is COc1ccccc1N1CCN(CCCOc2ccc(Nc3ccccc3)cc2)CC1. The minimum absolute atomic E-state index is 0.734. The minimum atomic E-state index is 0.734. The molecule has 0 unspecified atom stereocenters. The lowest BCUT2D eigenvalue weighted by Crippen LogP contribution is -2.46. The zero-order valence-corrected chi connectivity index (χ0v) is 18.2. The maximum absolute atomic E-state index is 5.94. The van der Waals surface area contributed by atoms with Gasteiger partial charge in [0.25, 0.3) is 0 Å². The summed E-state index contributed by atoms with van der Waals surface area (Å²) >= 11 is 0. The molecule has 5 nitrogen and oxygen atoms in total. The number of nitrogens with zero attached hydrogens (tertiary/aromatic N) is 2. The van der Waals surface area contributed by atoms with Crippen molar-refractivity contribution in [1.82, 2.24) is 4.90 Å². The van der Waals surface area contributed by atoms with Gasteiger partial charge in [-0.2, -0.15) is 0 Å². The van der Waals surface area contributed by atoms with Crippen molar-refractivity contribution in [3.63, 3.8) is 0 Å². The van der Waals surface area contributed by atoms with E-state index in [2.05, 4.69) is 51.5 Å². The van der Waals surface area contributed by atoms with Crippen molar-refractivity contribution in [3.8, 4) is 11.5 Å². The lowest BCUT2D eigenvalue weighted by molar-refractivity contribution is 0.224. The summed E-state index contributed by atoms with van der Waals surface area (Å²) in [6, 6.07) is 26.6. The van der Waals surface area contributed by atoms with Crippen LogP contribution in [0.25, 0.3) is 0 Å². The predicted molar refractivity (Wildman–Crippen MR) is 128 cm³/mol. The topological polar surface area (TPSA) is 37.0 Å². The molecule has 0 radical (unpaired) electrons. The van der Waals surface area contributed by atoms with E-state index in [-0.39, 0.29) is 0 Å². The summed E-state index contributed by atoms with van der Waals surface area (Å²) in [5, 5.41) is 3.39. The van der Waals surface area contributed by atoms with E-state index in [4.69, 9.17) is 9.47 Å². The van der Waals surface area contributed by atoms with E-state index in [0.29, 0.717) is 0 Å². The second kappa shape index (κ2) is 10.7. The van der Waals surface area contributed by atoms with Crippen LogP contribution in [0, 0.1) is 0 Å². The Labute approximate surface area is 185 Å². The molecule has 0 saturated carbocycles. The van der Waals surface area contributed by atoms with E-state index in [1.165, 1.54) is 5.69 Å². The summed E-state index contributed by atoms with van der Waals surface area (Å²) in [4.78, 5) is 4.93. The summed E-state index contributed by atoms with van der Waals surface area (Å²) < 4.78 is 11.4. The van der Waals surface area contributed by atoms with Gasteiger partial charge in [0, 0.05) is 44.1 Å². The Balaban J connectivity index is 1.15. The van der Waals surface area contributed by atoms with E-state index in [0.717, 1.165) is 68.6 Å². The molecule has 1 fully saturated rings. The van der Waals surface area contributed by atoms with Crippen LogP contribution in [0.2, 0.25) is 0 Å². The molecule has 162 valence electrons. The van der Waals surface area contributed by atoms with Gasteiger partial charge >= 0.3 is 0 Å². The maximum atomic E-state index is 5.94. The molecule has 0 amide bonds. The third-order valence-corrected chi connectivity index (χ3v) is 5.60. The summed E-state index contributed by atoms with van der Waals surface area (Å²) in [6.07, 6.45) is 1.03. The first-order valence-corrected chi connectivity index (χ1v) is 11.0. The molecule has 5 heteroatoms. The molecule has 0 aromatic heterocycles. The van der Waals surface area contributed by atoms with Gasteiger partial charge in [-0.1, -0.05) is 30.3 Å². The first kappa shape index (κ1) is 21.1. The van der Waals surface area contributed by atoms with Gasteiger partial charge in [-0.15, -0.1) is 0 Å². The van der Waals surface area contributed by atoms with Crippen molar-refractivity contribution in [2.24, 2.45) is 0 Å². The molecule has 3 aromatic carbocycles. The van der Waals surface area contributed by atoms with Crippen LogP contribution in [0.1, 0.15) is 6.42 Å². The molecular weight excluding hydrogens is 386 g/mol. The van der Waals surface area contributed by atoms with Gasteiger partial charge in [-0.05, 0) is 55.0 Å². The van der Waals surface area contributed by atoms with Crippen LogP contribution >= 0.6 is 0 Å². The second-order valence-electron chi connectivity index (χ2n) is 7.72. The highest BCUT2D eigenvalue weighted by molar-refractivity contribution is 5.60. The quantitative estimate of drug-likeness (QED) is 0.494. The molecule has 1 aliphatic heterocycles. The second-order valence-corrected chi connectivity index (χ2v) is 7.72. The molecule has 0 bridgehead atoms. The molecule has 31 heavy (non-hydrogen) atoms. The third-order valence-electron chi connectivity index (χ3n) is 5.60. The van der Waals surface area contributed by atoms with Crippen LogP contribution in [-0.4, -0.2) is 51.3 Å². The molecule has 1 N–H and O–H groups in total.